The molecule has 3 rings (SSSR count). The van der Waals surface area contributed by atoms with E-state index in [9.17, 15) is 14.4 Å². The van der Waals surface area contributed by atoms with Gasteiger partial charge in [-0.2, -0.15) is 0 Å². The SMILES string of the molecule is C[C@@H]1CC[C@@H](C)N(C(=O)Nc2ccc3c(c2)C(=O)NC3=O)C1. The minimum atomic E-state index is -0.420. The van der Waals surface area contributed by atoms with E-state index >= 15 is 0 Å². The molecule has 0 radical (unpaired) electrons. The van der Waals surface area contributed by atoms with E-state index in [1.165, 1.54) is 0 Å². The molecular weight excluding hydrogens is 282 g/mol. The number of benzene rings is 1. The van der Waals surface area contributed by atoms with Crippen molar-refractivity contribution < 1.29 is 14.4 Å². The highest BCUT2D eigenvalue weighted by Gasteiger charge is 2.29. The number of likely N-dealkylation sites (tertiary alicyclic amines) is 1. The number of piperidine rings is 1. The van der Waals surface area contributed by atoms with E-state index in [-0.39, 0.29) is 12.1 Å². The maximum atomic E-state index is 12.4. The van der Waals surface area contributed by atoms with Crippen LogP contribution < -0.4 is 10.6 Å². The maximum absolute atomic E-state index is 12.4. The number of carbonyl (C=O) groups excluding carboxylic acids is 3. The predicted molar refractivity (Wildman–Crippen MR) is 81.8 cm³/mol. The van der Waals surface area contributed by atoms with Crippen molar-refractivity contribution in [2.45, 2.75) is 32.7 Å². The molecule has 0 saturated carbocycles. The zero-order chi connectivity index (χ0) is 15.9. The molecule has 2 atom stereocenters. The Morgan fingerprint density at radius 2 is 1.91 bits per heavy atom. The van der Waals surface area contributed by atoms with E-state index in [0.29, 0.717) is 22.7 Å². The molecule has 1 saturated heterocycles. The Morgan fingerprint density at radius 3 is 2.68 bits per heavy atom. The molecule has 116 valence electrons. The largest absolute Gasteiger partial charge is 0.322 e. The molecular formula is C16H19N3O3. The monoisotopic (exact) mass is 301 g/mol. The third kappa shape index (κ3) is 2.56. The fourth-order valence-corrected chi connectivity index (χ4v) is 3.01. The minimum absolute atomic E-state index is 0.163. The average Bonchev–Trinajstić information content (AvgIpc) is 2.76. The van der Waals surface area contributed by atoms with Crippen molar-refractivity contribution in [1.82, 2.24) is 10.2 Å². The van der Waals surface area contributed by atoms with Crippen LogP contribution in [0.1, 0.15) is 47.4 Å². The van der Waals surface area contributed by atoms with Gasteiger partial charge in [0.1, 0.15) is 0 Å². The van der Waals surface area contributed by atoms with Crippen LogP contribution in [0, 0.1) is 5.92 Å². The number of nitrogens with one attached hydrogen (secondary N) is 2. The number of hydrogen-bond acceptors (Lipinski definition) is 3. The molecule has 2 aliphatic heterocycles. The Hall–Kier alpha value is -2.37. The molecule has 1 aromatic rings. The smallest absolute Gasteiger partial charge is 0.322 e. The zero-order valence-electron chi connectivity index (χ0n) is 12.7. The Balaban J connectivity index is 1.76. The van der Waals surface area contributed by atoms with Crippen LogP contribution in [0.15, 0.2) is 18.2 Å². The summed E-state index contributed by atoms with van der Waals surface area (Å²) in [7, 11) is 0. The second kappa shape index (κ2) is 5.44. The molecule has 0 aliphatic carbocycles. The van der Waals surface area contributed by atoms with Gasteiger partial charge in [0.2, 0.25) is 0 Å². The Labute approximate surface area is 128 Å². The van der Waals surface area contributed by atoms with Gasteiger partial charge in [-0.15, -0.1) is 0 Å². The van der Waals surface area contributed by atoms with Gasteiger partial charge in [0.05, 0.1) is 11.1 Å². The Bertz CT molecular complexity index is 656. The predicted octanol–water partition coefficient (Wildman–Crippen LogP) is 2.22. The van der Waals surface area contributed by atoms with Gasteiger partial charge in [-0.05, 0) is 43.9 Å². The highest BCUT2D eigenvalue weighted by molar-refractivity contribution is 6.22. The van der Waals surface area contributed by atoms with Crippen LogP contribution >= 0.6 is 0 Å². The van der Waals surface area contributed by atoms with E-state index in [4.69, 9.17) is 0 Å². The van der Waals surface area contributed by atoms with Crippen molar-refractivity contribution in [3.05, 3.63) is 29.3 Å². The zero-order valence-corrected chi connectivity index (χ0v) is 12.7. The summed E-state index contributed by atoms with van der Waals surface area (Å²) >= 11 is 0. The van der Waals surface area contributed by atoms with Crippen LogP contribution in [0.5, 0.6) is 0 Å². The van der Waals surface area contributed by atoms with Gasteiger partial charge in [-0.3, -0.25) is 14.9 Å². The molecule has 0 unspecified atom stereocenters. The lowest BCUT2D eigenvalue weighted by molar-refractivity contribution is 0.0879. The molecule has 0 bridgehead atoms. The number of nitrogens with zero attached hydrogens (tertiary/aromatic N) is 1. The molecule has 6 heteroatoms. The normalized spacial score (nSPS) is 24.0. The maximum Gasteiger partial charge on any atom is 0.322 e. The Kier molecular flexibility index (Phi) is 3.60. The van der Waals surface area contributed by atoms with Crippen molar-refractivity contribution in [3.8, 4) is 0 Å². The van der Waals surface area contributed by atoms with Crippen LogP contribution in [0.2, 0.25) is 0 Å². The molecule has 2 N–H and O–H groups in total. The van der Waals surface area contributed by atoms with Gasteiger partial charge < -0.3 is 10.2 Å². The first-order chi connectivity index (χ1) is 10.5. The molecule has 0 spiro atoms. The van der Waals surface area contributed by atoms with Crippen molar-refractivity contribution in [2.75, 3.05) is 11.9 Å². The number of rotatable bonds is 1. The molecule has 1 fully saturated rings. The van der Waals surface area contributed by atoms with Crippen molar-refractivity contribution >= 4 is 23.5 Å². The molecule has 6 nitrogen and oxygen atoms in total. The lowest BCUT2D eigenvalue weighted by atomic mass is 9.95. The highest BCUT2D eigenvalue weighted by Crippen LogP contribution is 2.24. The van der Waals surface area contributed by atoms with Crippen LogP contribution in [0.3, 0.4) is 0 Å². The summed E-state index contributed by atoms with van der Waals surface area (Å²) in [6, 6.07) is 4.80. The standard InChI is InChI=1S/C16H19N3O3/c1-9-3-4-10(2)19(8-9)16(22)17-11-5-6-12-13(7-11)15(21)18-14(12)20/h5-7,9-10H,3-4,8H2,1-2H3,(H,17,22)(H,18,20,21)/t9-,10-/m1/s1. The molecule has 4 amide bonds. The molecule has 2 heterocycles. The summed E-state index contributed by atoms with van der Waals surface area (Å²) in [5.41, 5.74) is 1.19. The first-order valence-corrected chi connectivity index (χ1v) is 7.53. The van der Waals surface area contributed by atoms with Gasteiger partial charge >= 0.3 is 6.03 Å². The van der Waals surface area contributed by atoms with E-state index in [1.54, 1.807) is 18.2 Å². The van der Waals surface area contributed by atoms with E-state index in [2.05, 4.69) is 17.6 Å². The lowest BCUT2D eigenvalue weighted by Gasteiger charge is -2.36. The van der Waals surface area contributed by atoms with E-state index < -0.39 is 11.8 Å². The van der Waals surface area contributed by atoms with Crippen molar-refractivity contribution in [3.63, 3.8) is 0 Å². The summed E-state index contributed by atoms with van der Waals surface area (Å²) < 4.78 is 0. The van der Waals surface area contributed by atoms with Crippen LogP contribution in [0.4, 0.5) is 10.5 Å². The molecule has 0 aromatic heterocycles. The van der Waals surface area contributed by atoms with Gasteiger partial charge in [-0.1, -0.05) is 6.92 Å². The fourth-order valence-electron chi connectivity index (χ4n) is 3.01. The summed E-state index contributed by atoms with van der Waals surface area (Å²) in [6.07, 6.45) is 2.13. The van der Waals surface area contributed by atoms with Gasteiger partial charge in [0.25, 0.3) is 11.8 Å². The van der Waals surface area contributed by atoms with Crippen molar-refractivity contribution in [2.24, 2.45) is 5.92 Å². The second-order valence-electron chi connectivity index (χ2n) is 6.16. The average molecular weight is 301 g/mol. The van der Waals surface area contributed by atoms with Crippen molar-refractivity contribution in [1.29, 1.82) is 0 Å². The first-order valence-electron chi connectivity index (χ1n) is 7.53. The molecule has 22 heavy (non-hydrogen) atoms. The number of fused-ring (bicyclic) bond motifs is 1. The van der Waals surface area contributed by atoms with E-state index in [0.717, 1.165) is 19.4 Å². The number of amides is 4. The number of urea groups is 1. The number of carbonyl (C=O) groups is 3. The minimum Gasteiger partial charge on any atom is -0.322 e. The fraction of sp³-hybridized carbons (Fsp3) is 0.438. The Morgan fingerprint density at radius 1 is 1.18 bits per heavy atom. The number of imide groups is 1. The number of hydrogen-bond donors (Lipinski definition) is 2. The summed E-state index contributed by atoms with van der Waals surface area (Å²) in [5, 5.41) is 5.06. The number of anilines is 1. The second-order valence-corrected chi connectivity index (χ2v) is 6.16. The lowest BCUT2D eigenvalue weighted by Crippen LogP contribution is -2.46. The summed E-state index contributed by atoms with van der Waals surface area (Å²) in [4.78, 5) is 37.4. The van der Waals surface area contributed by atoms with Gasteiger partial charge in [0.15, 0.2) is 0 Å². The quantitative estimate of drug-likeness (QED) is 0.781. The van der Waals surface area contributed by atoms with Gasteiger partial charge in [-0.25, -0.2) is 4.79 Å². The topological polar surface area (TPSA) is 78.5 Å². The molecule has 2 aliphatic rings. The highest BCUT2D eigenvalue weighted by atomic mass is 16.2. The first kappa shape index (κ1) is 14.6. The van der Waals surface area contributed by atoms with E-state index in [1.807, 2.05) is 11.8 Å². The van der Waals surface area contributed by atoms with Gasteiger partial charge in [0, 0.05) is 18.3 Å². The summed E-state index contributed by atoms with van der Waals surface area (Å²) in [5.74, 6) is -0.321. The third-order valence-electron chi connectivity index (χ3n) is 4.37. The summed E-state index contributed by atoms with van der Waals surface area (Å²) in [6.45, 7) is 4.91. The van der Waals surface area contributed by atoms with Crippen LogP contribution in [-0.2, 0) is 0 Å². The third-order valence-corrected chi connectivity index (χ3v) is 4.37. The molecule has 1 aromatic carbocycles. The van der Waals surface area contributed by atoms with Crippen LogP contribution in [-0.4, -0.2) is 35.3 Å². The van der Waals surface area contributed by atoms with Crippen LogP contribution in [0.25, 0.3) is 0 Å².